The SMILES string of the molecule is CCC/C=C/CCCCCCC(=O)C1=[N+](CC(O)CS(=O)(=O)[O-])CCN1CCO.[Na+]. The molecular formula is C20H36N2NaO6S+. The quantitative estimate of drug-likeness (QED) is 0.0898. The molecule has 1 rings (SSSR count). The molecule has 30 heavy (non-hydrogen) atoms. The summed E-state index contributed by atoms with van der Waals surface area (Å²) < 4.78 is 34.2. The molecule has 0 aliphatic carbocycles. The van der Waals surface area contributed by atoms with Crippen LogP contribution in [0.2, 0.25) is 0 Å². The number of hydrogen-bond acceptors (Lipinski definition) is 7. The van der Waals surface area contributed by atoms with E-state index >= 15 is 0 Å². The van der Waals surface area contributed by atoms with Crippen molar-refractivity contribution < 1.29 is 62.1 Å². The predicted molar refractivity (Wildman–Crippen MR) is 111 cm³/mol. The van der Waals surface area contributed by atoms with Crippen LogP contribution in [-0.4, -0.2) is 88.9 Å². The van der Waals surface area contributed by atoms with Gasteiger partial charge in [0.25, 0.3) is 0 Å². The van der Waals surface area contributed by atoms with Gasteiger partial charge in [-0.2, -0.15) is 0 Å². The van der Waals surface area contributed by atoms with Crippen LogP contribution in [-0.2, 0) is 14.9 Å². The second-order valence-electron chi connectivity index (χ2n) is 7.49. The first kappa shape index (κ1) is 29.7. The fraction of sp³-hybridized carbons (Fsp3) is 0.800. The van der Waals surface area contributed by atoms with Crippen molar-refractivity contribution in [3.05, 3.63) is 12.2 Å². The van der Waals surface area contributed by atoms with E-state index in [1.165, 1.54) is 0 Å². The number of rotatable bonds is 16. The van der Waals surface area contributed by atoms with Crippen LogP contribution < -0.4 is 29.6 Å². The minimum Gasteiger partial charge on any atom is -0.748 e. The van der Waals surface area contributed by atoms with E-state index in [1.807, 2.05) is 0 Å². The van der Waals surface area contributed by atoms with Gasteiger partial charge in [0.1, 0.15) is 32.3 Å². The molecule has 0 radical (unpaired) electrons. The van der Waals surface area contributed by atoms with Crippen LogP contribution in [0.1, 0.15) is 58.3 Å². The Labute approximate surface area is 203 Å². The third-order valence-corrected chi connectivity index (χ3v) is 5.63. The largest absolute Gasteiger partial charge is 1.00 e. The number of β-amino-alcohol motifs (C(OH)–C–C–N with tert-alkyl or cyclic N) is 2. The van der Waals surface area contributed by atoms with Gasteiger partial charge in [-0.25, -0.2) is 8.42 Å². The van der Waals surface area contributed by atoms with Gasteiger partial charge in [0.05, 0.1) is 22.5 Å². The zero-order valence-corrected chi connectivity index (χ0v) is 21.3. The van der Waals surface area contributed by atoms with E-state index in [0.717, 1.165) is 44.9 Å². The molecule has 0 aromatic heterocycles. The van der Waals surface area contributed by atoms with Gasteiger partial charge in [0.2, 0.25) is 5.78 Å². The molecule has 10 heteroatoms. The fourth-order valence-electron chi connectivity index (χ4n) is 3.48. The molecule has 0 aromatic rings. The molecule has 1 atom stereocenters. The number of aliphatic hydroxyl groups is 2. The Morgan fingerprint density at radius 1 is 1.23 bits per heavy atom. The topological polar surface area (TPSA) is 121 Å². The summed E-state index contributed by atoms with van der Waals surface area (Å²) >= 11 is 0. The first-order valence-corrected chi connectivity index (χ1v) is 12.1. The normalized spacial score (nSPS) is 15.7. The molecule has 1 aliphatic rings. The molecule has 0 saturated heterocycles. The second kappa shape index (κ2) is 16.4. The molecular weight excluding hydrogens is 419 g/mol. The van der Waals surface area contributed by atoms with E-state index in [-0.39, 0.29) is 48.5 Å². The maximum atomic E-state index is 12.7. The van der Waals surface area contributed by atoms with Gasteiger partial charge < -0.3 is 14.8 Å². The van der Waals surface area contributed by atoms with Crippen molar-refractivity contribution in [2.75, 3.05) is 38.5 Å². The van der Waals surface area contributed by atoms with Crippen molar-refractivity contribution in [2.24, 2.45) is 0 Å². The number of hydrogen-bond donors (Lipinski definition) is 2. The number of unbranched alkanes of at least 4 members (excludes halogenated alkanes) is 5. The van der Waals surface area contributed by atoms with Crippen molar-refractivity contribution in [1.29, 1.82) is 0 Å². The first-order chi connectivity index (χ1) is 13.8. The third kappa shape index (κ3) is 12.5. The van der Waals surface area contributed by atoms with Crippen LogP contribution in [0.25, 0.3) is 0 Å². The summed E-state index contributed by atoms with van der Waals surface area (Å²) in [5.74, 6) is -0.544. The Hall–Kier alpha value is -0.290. The van der Waals surface area contributed by atoms with Gasteiger partial charge in [-0.3, -0.25) is 14.3 Å². The van der Waals surface area contributed by atoms with E-state index < -0.39 is 22.0 Å². The number of aliphatic hydroxyl groups excluding tert-OH is 2. The van der Waals surface area contributed by atoms with Crippen LogP contribution in [0.4, 0.5) is 0 Å². The fourth-order valence-corrected chi connectivity index (χ4v) is 4.06. The number of allylic oxidation sites excluding steroid dienone is 2. The van der Waals surface area contributed by atoms with E-state index in [2.05, 4.69) is 19.1 Å². The first-order valence-electron chi connectivity index (χ1n) is 10.6. The molecule has 0 spiro atoms. The summed E-state index contributed by atoms with van der Waals surface area (Å²) in [4.78, 5) is 14.5. The number of nitrogens with zero attached hydrogens (tertiary/aromatic N) is 2. The summed E-state index contributed by atoms with van der Waals surface area (Å²) in [6, 6.07) is 0. The van der Waals surface area contributed by atoms with Crippen molar-refractivity contribution >= 4 is 21.7 Å². The molecule has 1 aliphatic heterocycles. The Morgan fingerprint density at radius 2 is 1.90 bits per heavy atom. The van der Waals surface area contributed by atoms with Crippen molar-refractivity contribution in [3.63, 3.8) is 0 Å². The number of carbonyl (C=O) groups is 1. The molecule has 8 nitrogen and oxygen atoms in total. The van der Waals surface area contributed by atoms with Gasteiger partial charge in [0.15, 0.2) is 0 Å². The van der Waals surface area contributed by atoms with Gasteiger partial charge in [-0.05, 0) is 25.7 Å². The van der Waals surface area contributed by atoms with Crippen molar-refractivity contribution in [1.82, 2.24) is 4.90 Å². The van der Waals surface area contributed by atoms with Gasteiger partial charge in [-0.15, -0.1) is 0 Å². The van der Waals surface area contributed by atoms with Crippen molar-refractivity contribution in [3.8, 4) is 0 Å². The van der Waals surface area contributed by atoms with Crippen LogP contribution in [0, 0.1) is 0 Å². The standard InChI is InChI=1S/C20H36N2O6S.Na/c1-2-3-4-5-6-7-8-9-10-11-19(25)20-21(14-15-23)12-13-22(20)16-18(24)17-29(26,27)28;/h4-5,18,23-24H,2-3,6-17H2,1H3;/q;+1/b5-4+;. The number of amidine groups is 1. The predicted octanol–water partition coefficient (Wildman–Crippen LogP) is -2.12. The van der Waals surface area contributed by atoms with Gasteiger partial charge >= 0.3 is 35.4 Å². The maximum absolute atomic E-state index is 12.7. The zero-order valence-electron chi connectivity index (χ0n) is 18.5. The smallest absolute Gasteiger partial charge is 0.748 e. The van der Waals surface area contributed by atoms with Crippen molar-refractivity contribution in [2.45, 2.75) is 64.4 Å². The minimum absolute atomic E-state index is 0. The third-order valence-electron chi connectivity index (χ3n) is 4.83. The molecule has 0 fully saturated rings. The molecule has 0 saturated carbocycles. The molecule has 0 bridgehead atoms. The monoisotopic (exact) mass is 455 g/mol. The average molecular weight is 456 g/mol. The second-order valence-corrected chi connectivity index (χ2v) is 8.94. The van der Waals surface area contributed by atoms with Gasteiger partial charge in [-0.1, -0.05) is 38.3 Å². The summed E-state index contributed by atoms with van der Waals surface area (Å²) in [6.45, 7) is 3.22. The Balaban J connectivity index is 0.00000841. The Bertz CT molecular complexity index is 666. The molecule has 168 valence electrons. The van der Waals surface area contributed by atoms with Gasteiger partial charge in [0, 0.05) is 6.42 Å². The van der Waals surface area contributed by atoms with Crippen LogP contribution in [0.5, 0.6) is 0 Å². The summed E-state index contributed by atoms with van der Waals surface area (Å²) in [7, 11) is -4.54. The van der Waals surface area contributed by atoms with E-state index in [4.69, 9.17) is 0 Å². The molecule has 1 heterocycles. The van der Waals surface area contributed by atoms with E-state index in [9.17, 15) is 28.0 Å². The summed E-state index contributed by atoms with van der Waals surface area (Å²) in [6.07, 6.45) is 10.6. The van der Waals surface area contributed by atoms with Crippen LogP contribution in [0.15, 0.2) is 12.2 Å². The molecule has 1 unspecified atom stereocenters. The average Bonchev–Trinajstić information content (AvgIpc) is 3.01. The molecule has 0 aromatic carbocycles. The van der Waals surface area contributed by atoms with Crippen LogP contribution in [0.3, 0.4) is 0 Å². The summed E-state index contributed by atoms with van der Waals surface area (Å²) in [5, 5.41) is 19.1. The zero-order chi connectivity index (χ0) is 21.7. The number of Topliss-reactive ketones (excluding diaryl/α,β-unsaturated/α-hetero) is 1. The van der Waals surface area contributed by atoms with E-state index in [1.54, 1.807) is 9.48 Å². The number of ketones is 1. The minimum atomic E-state index is -4.54. The summed E-state index contributed by atoms with van der Waals surface area (Å²) in [5.41, 5.74) is 0. The molecule has 2 N–H and O–H groups in total. The van der Waals surface area contributed by atoms with E-state index in [0.29, 0.717) is 31.9 Å². The Morgan fingerprint density at radius 3 is 2.53 bits per heavy atom. The maximum Gasteiger partial charge on any atom is 1.00 e. The Kier molecular flexibility index (Phi) is 16.2. The molecule has 0 amide bonds. The number of carbonyl (C=O) groups excluding carboxylic acids is 1. The van der Waals surface area contributed by atoms with Crippen LogP contribution >= 0.6 is 0 Å².